The third-order valence-corrected chi connectivity index (χ3v) is 5.93. The lowest BCUT2D eigenvalue weighted by Gasteiger charge is -2.17. The quantitative estimate of drug-likeness (QED) is 0.438. The van der Waals surface area contributed by atoms with Crippen LogP contribution in [0, 0.1) is 0 Å². The number of carbonyl (C=O) groups excluding carboxylic acids is 1. The number of Topliss-reactive ketones (excluding diaryl/α,β-unsaturated/α-hetero) is 1. The maximum absolute atomic E-state index is 13.0. The maximum atomic E-state index is 13.0. The number of allylic oxidation sites excluding steroid dienone is 2. The third-order valence-electron chi connectivity index (χ3n) is 4.72. The number of nitrogens with zero attached hydrogens (tertiary/aromatic N) is 2. The first-order valence-electron chi connectivity index (χ1n) is 8.91. The van der Waals surface area contributed by atoms with Gasteiger partial charge in [-0.25, -0.2) is 4.98 Å². The molecule has 0 saturated heterocycles. The molecule has 0 N–H and O–H groups in total. The summed E-state index contributed by atoms with van der Waals surface area (Å²) >= 11 is 1.38. The number of hydrogen-bond acceptors (Lipinski definition) is 4. The molecule has 0 saturated carbocycles. The van der Waals surface area contributed by atoms with Gasteiger partial charge in [-0.15, -0.1) is 0 Å². The summed E-state index contributed by atoms with van der Waals surface area (Å²) in [5.41, 5.74) is 2.11. The zero-order valence-electron chi connectivity index (χ0n) is 14.8. The molecule has 0 spiro atoms. The van der Waals surface area contributed by atoms with Gasteiger partial charge in [0.15, 0.2) is 5.16 Å². The van der Waals surface area contributed by atoms with E-state index in [2.05, 4.69) is 11.1 Å². The summed E-state index contributed by atoms with van der Waals surface area (Å²) in [7, 11) is 0. The summed E-state index contributed by atoms with van der Waals surface area (Å²) in [4.78, 5) is 29.3. The number of aromatic nitrogens is 2. The summed E-state index contributed by atoms with van der Waals surface area (Å²) in [6.45, 7) is 4.06. The Morgan fingerprint density at radius 1 is 1.32 bits per heavy atom. The molecule has 5 heteroatoms. The average Bonchev–Trinajstić information content (AvgIpc) is 2.62. The van der Waals surface area contributed by atoms with Crippen molar-refractivity contribution in [3.05, 3.63) is 46.3 Å². The van der Waals surface area contributed by atoms with Crippen LogP contribution in [0.4, 0.5) is 0 Å². The Kier molecular flexibility index (Phi) is 5.74. The van der Waals surface area contributed by atoms with Gasteiger partial charge in [-0.3, -0.25) is 14.2 Å². The molecule has 0 fully saturated rings. The largest absolute Gasteiger partial charge is 0.299 e. The smallest absolute Gasteiger partial charge is 0.262 e. The standard InChI is InChI=1S/C20H24N2O2S/c1-14(23)15(2)25-20-21-18-11-7-6-10-17(18)19(24)22(20)13-12-16-8-4-3-5-9-16/h6-8,10-11,15H,3-5,9,12-13H2,1-2H3. The molecule has 3 rings (SSSR count). The molecule has 1 heterocycles. The second-order valence-corrected chi connectivity index (χ2v) is 7.91. The number of fused-ring (bicyclic) bond motifs is 1. The van der Waals surface area contributed by atoms with Gasteiger partial charge < -0.3 is 0 Å². The Morgan fingerprint density at radius 2 is 2.12 bits per heavy atom. The van der Waals surface area contributed by atoms with Crippen molar-refractivity contribution in [3.8, 4) is 0 Å². The monoisotopic (exact) mass is 356 g/mol. The van der Waals surface area contributed by atoms with Crippen molar-refractivity contribution in [3.63, 3.8) is 0 Å². The highest BCUT2D eigenvalue weighted by atomic mass is 32.2. The lowest BCUT2D eigenvalue weighted by Crippen LogP contribution is -2.25. The summed E-state index contributed by atoms with van der Waals surface area (Å²) in [5.74, 6) is 0.0916. The molecule has 1 aliphatic carbocycles. The van der Waals surface area contributed by atoms with E-state index in [1.807, 2.05) is 31.2 Å². The molecular weight excluding hydrogens is 332 g/mol. The Morgan fingerprint density at radius 3 is 2.84 bits per heavy atom. The molecule has 1 aromatic heterocycles. The van der Waals surface area contributed by atoms with Crippen LogP contribution in [0.3, 0.4) is 0 Å². The maximum Gasteiger partial charge on any atom is 0.262 e. The van der Waals surface area contributed by atoms with Crippen molar-refractivity contribution in [1.29, 1.82) is 0 Å². The number of carbonyl (C=O) groups is 1. The number of para-hydroxylation sites is 1. The van der Waals surface area contributed by atoms with Crippen LogP contribution in [0.25, 0.3) is 10.9 Å². The number of rotatable bonds is 6. The number of ketones is 1. The van der Waals surface area contributed by atoms with Gasteiger partial charge in [0.25, 0.3) is 5.56 Å². The Bertz CT molecular complexity index is 870. The van der Waals surface area contributed by atoms with Gasteiger partial charge in [-0.2, -0.15) is 0 Å². The average molecular weight is 356 g/mol. The molecule has 2 aromatic rings. The van der Waals surface area contributed by atoms with E-state index >= 15 is 0 Å². The van der Waals surface area contributed by atoms with Crippen LogP contribution < -0.4 is 5.56 Å². The Hall–Kier alpha value is -1.88. The molecule has 0 radical (unpaired) electrons. The molecular formula is C20H24N2O2S. The van der Waals surface area contributed by atoms with Gasteiger partial charge in [0.1, 0.15) is 5.78 Å². The zero-order chi connectivity index (χ0) is 17.8. The van der Waals surface area contributed by atoms with Crippen molar-refractivity contribution in [2.75, 3.05) is 0 Å². The van der Waals surface area contributed by atoms with Crippen molar-refractivity contribution in [2.45, 2.75) is 62.9 Å². The first-order valence-corrected chi connectivity index (χ1v) is 9.79. The van der Waals surface area contributed by atoms with Crippen molar-refractivity contribution >= 4 is 28.4 Å². The first kappa shape index (κ1) is 17.9. The predicted octanol–water partition coefficient (Wildman–Crippen LogP) is 4.36. The first-order chi connectivity index (χ1) is 12.1. The van der Waals surface area contributed by atoms with Crippen molar-refractivity contribution in [1.82, 2.24) is 9.55 Å². The third kappa shape index (κ3) is 4.21. The SMILES string of the molecule is CC(=O)C(C)Sc1nc2ccccc2c(=O)n1CCC1=CCCCC1. The molecule has 25 heavy (non-hydrogen) atoms. The molecule has 132 valence electrons. The highest BCUT2D eigenvalue weighted by Gasteiger charge is 2.17. The molecule has 1 atom stereocenters. The van der Waals surface area contributed by atoms with Gasteiger partial charge in [0.05, 0.1) is 16.2 Å². The van der Waals surface area contributed by atoms with Crippen molar-refractivity contribution < 1.29 is 4.79 Å². The van der Waals surface area contributed by atoms with Gasteiger partial charge in [0.2, 0.25) is 0 Å². The van der Waals surface area contributed by atoms with Crippen LogP contribution in [0.1, 0.15) is 46.0 Å². The van der Waals surface area contributed by atoms with Crippen LogP contribution in [0.15, 0.2) is 45.9 Å². The van der Waals surface area contributed by atoms with E-state index < -0.39 is 0 Å². The minimum absolute atomic E-state index is 0.0136. The molecule has 1 aliphatic rings. The minimum Gasteiger partial charge on any atom is -0.299 e. The fourth-order valence-electron chi connectivity index (χ4n) is 3.06. The zero-order valence-corrected chi connectivity index (χ0v) is 15.6. The summed E-state index contributed by atoms with van der Waals surface area (Å²) in [5, 5.41) is 1.07. The van der Waals surface area contributed by atoms with Crippen LogP contribution >= 0.6 is 11.8 Å². The van der Waals surface area contributed by atoms with E-state index in [1.54, 1.807) is 11.5 Å². The van der Waals surface area contributed by atoms with E-state index in [0.29, 0.717) is 22.6 Å². The van der Waals surface area contributed by atoms with Gasteiger partial charge in [-0.1, -0.05) is 35.5 Å². The minimum atomic E-state index is -0.215. The second-order valence-electron chi connectivity index (χ2n) is 6.60. The fourth-order valence-corrected chi connectivity index (χ4v) is 4.00. The lowest BCUT2D eigenvalue weighted by molar-refractivity contribution is -0.116. The highest BCUT2D eigenvalue weighted by molar-refractivity contribution is 8.00. The molecule has 0 aliphatic heterocycles. The Labute approximate surface area is 152 Å². The fraction of sp³-hybridized carbons (Fsp3) is 0.450. The highest BCUT2D eigenvalue weighted by Crippen LogP contribution is 2.25. The second kappa shape index (κ2) is 8.00. The van der Waals surface area contributed by atoms with Gasteiger partial charge in [-0.05, 0) is 58.1 Å². The molecule has 1 unspecified atom stereocenters. The van der Waals surface area contributed by atoms with E-state index in [-0.39, 0.29) is 16.6 Å². The van der Waals surface area contributed by atoms with Gasteiger partial charge in [0, 0.05) is 6.54 Å². The van der Waals surface area contributed by atoms with Crippen molar-refractivity contribution in [2.24, 2.45) is 0 Å². The lowest BCUT2D eigenvalue weighted by atomic mass is 9.97. The van der Waals surface area contributed by atoms with E-state index in [1.165, 1.54) is 30.2 Å². The number of hydrogen-bond donors (Lipinski definition) is 0. The van der Waals surface area contributed by atoms with Crippen LogP contribution in [-0.4, -0.2) is 20.6 Å². The Balaban J connectivity index is 1.97. The molecule has 4 nitrogen and oxygen atoms in total. The predicted molar refractivity (Wildman–Crippen MR) is 103 cm³/mol. The topological polar surface area (TPSA) is 52.0 Å². The molecule has 1 aromatic carbocycles. The normalized spacial score (nSPS) is 15.8. The summed E-state index contributed by atoms with van der Waals surface area (Å²) in [6.07, 6.45) is 7.96. The van der Waals surface area contributed by atoms with E-state index in [0.717, 1.165) is 19.3 Å². The summed E-state index contributed by atoms with van der Waals surface area (Å²) < 4.78 is 1.75. The van der Waals surface area contributed by atoms with E-state index in [9.17, 15) is 9.59 Å². The van der Waals surface area contributed by atoms with Crippen LogP contribution in [0.5, 0.6) is 0 Å². The van der Waals surface area contributed by atoms with Crippen LogP contribution in [-0.2, 0) is 11.3 Å². The summed E-state index contributed by atoms with van der Waals surface area (Å²) in [6, 6.07) is 7.43. The molecule has 0 amide bonds. The number of thioether (sulfide) groups is 1. The molecule has 0 bridgehead atoms. The van der Waals surface area contributed by atoms with Gasteiger partial charge >= 0.3 is 0 Å². The van der Waals surface area contributed by atoms with E-state index in [4.69, 9.17) is 0 Å². The van der Waals surface area contributed by atoms with Crippen LogP contribution in [0.2, 0.25) is 0 Å². The number of benzene rings is 1.